The normalized spacial score (nSPS) is 15.0. The molecule has 0 radical (unpaired) electrons. The van der Waals surface area contributed by atoms with E-state index in [1.54, 1.807) is 6.08 Å². The van der Waals surface area contributed by atoms with Gasteiger partial charge in [0.05, 0.1) is 25.9 Å². The monoisotopic (exact) mass is 855 g/mol. The van der Waals surface area contributed by atoms with E-state index >= 15 is 0 Å². The maximum atomic E-state index is 12.6. The number of unbranched alkanes of at least 4 members (excludes halogenated alkanes) is 15. The van der Waals surface area contributed by atoms with E-state index in [-0.39, 0.29) is 19.4 Å². The summed E-state index contributed by atoms with van der Waals surface area (Å²) >= 11 is 0. The van der Waals surface area contributed by atoms with Gasteiger partial charge in [-0.2, -0.15) is 0 Å². The summed E-state index contributed by atoms with van der Waals surface area (Å²) in [7, 11) is -4.65. The van der Waals surface area contributed by atoms with Gasteiger partial charge in [0.2, 0.25) is 0 Å². The molecule has 0 fully saturated rings. The van der Waals surface area contributed by atoms with E-state index in [1.165, 1.54) is 77.0 Å². The van der Waals surface area contributed by atoms with Crippen LogP contribution in [-0.4, -0.2) is 76.9 Å². The van der Waals surface area contributed by atoms with E-state index < -0.39 is 57.9 Å². The molecular weight excluding hydrogens is 771 g/mol. The number of aliphatic hydroxyl groups excluding tert-OH is 3. The minimum Gasteiger partial charge on any atom is -0.462 e. The molecule has 12 heteroatoms. The predicted molar refractivity (Wildman–Crippen MR) is 239 cm³/mol. The molecular formula is C47H83O11P. The van der Waals surface area contributed by atoms with E-state index in [0.29, 0.717) is 25.7 Å². The van der Waals surface area contributed by atoms with E-state index in [0.717, 1.165) is 44.4 Å². The van der Waals surface area contributed by atoms with Crippen LogP contribution in [-0.2, 0) is 32.7 Å². The Labute approximate surface area is 358 Å². The van der Waals surface area contributed by atoms with Gasteiger partial charge in [-0.3, -0.25) is 18.6 Å². The first-order chi connectivity index (χ1) is 28.5. The Morgan fingerprint density at radius 3 is 1.75 bits per heavy atom. The standard InChI is InChI=1S/C47H83O11P/c1-4-5-34-43(49)35-30-26-22-18-14-11-12-16-20-24-28-32-37-47(52)58-45(41-57-59(53,54)56-39-44(50)38-48)40-55-46(51)36-31-27-23-19-15-10-8-6-7-9-13-17-21-25-29-33-42(2)3/h5,11-12,18,20,22,24,26,30,34,42-45,48-50H,4,6-10,13-17,19,21,23,25,27-29,31-33,35-41H2,1-3H3,(H,53,54)/b12-11-,22-18-,24-20-,30-26+,34-5-/t43?,44-,45+/m0/s1. The van der Waals surface area contributed by atoms with Crippen LogP contribution in [0.2, 0.25) is 0 Å². The Kier molecular flexibility index (Phi) is 39.4. The zero-order valence-electron chi connectivity index (χ0n) is 37.0. The summed E-state index contributed by atoms with van der Waals surface area (Å²) in [5.41, 5.74) is 0. The average molecular weight is 855 g/mol. The van der Waals surface area contributed by atoms with Gasteiger partial charge in [-0.25, -0.2) is 4.57 Å². The van der Waals surface area contributed by atoms with Gasteiger partial charge in [-0.1, -0.05) is 178 Å². The smallest absolute Gasteiger partial charge is 0.462 e. The van der Waals surface area contributed by atoms with Crippen LogP contribution in [0.25, 0.3) is 0 Å². The van der Waals surface area contributed by atoms with E-state index in [9.17, 15) is 29.3 Å². The largest absolute Gasteiger partial charge is 0.472 e. The Bertz CT molecular complexity index is 1200. The third-order valence-corrected chi connectivity index (χ3v) is 10.4. The third-order valence-electron chi connectivity index (χ3n) is 9.44. The fraction of sp³-hybridized carbons (Fsp3) is 0.745. The number of hydrogen-bond acceptors (Lipinski definition) is 10. The number of rotatable bonds is 41. The van der Waals surface area contributed by atoms with Crippen molar-refractivity contribution in [3.05, 3.63) is 60.8 Å². The molecule has 342 valence electrons. The molecule has 0 rings (SSSR count). The van der Waals surface area contributed by atoms with Crippen molar-refractivity contribution in [3.8, 4) is 0 Å². The molecule has 0 amide bonds. The van der Waals surface area contributed by atoms with Crippen LogP contribution >= 0.6 is 7.82 Å². The van der Waals surface area contributed by atoms with Gasteiger partial charge < -0.3 is 29.7 Å². The highest BCUT2D eigenvalue weighted by Crippen LogP contribution is 2.43. The molecule has 0 spiro atoms. The van der Waals surface area contributed by atoms with Crippen LogP contribution < -0.4 is 0 Å². The number of carbonyl (C=O) groups is 2. The number of hydrogen-bond donors (Lipinski definition) is 4. The van der Waals surface area contributed by atoms with E-state index in [1.807, 2.05) is 49.5 Å². The maximum Gasteiger partial charge on any atom is 0.472 e. The zero-order valence-corrected chi connectivity index (χ0v) is 37.9. The fourth-order valence-corrected chi connectivity index (χ4v) is 6.73. The molecule has 0 bridgehead atoms. The van der Waals surface area contributed by atoms with Crippen molar-refractivity contribution < 1.29 is 52.9 Å². The van der Waals surface area contributed by atoms with Crippen molar-refractivity contribution in [2.45, 2.75) is 193 Å². The molecule has 4 atom stereocenters. The van der Waals surface area contributed by atoms with Gasteiger partial charge in [0, 0.05) is 12.8 Å². The lowest BCUT2D eigenvalue weighted by Crippen LogP contribution is -2.29. The molecule has 59 heavy (non-hydrogen) atoms. The summed E-state index contributed by atoms with van der Waals surface area (Å²) < 4.78 is 32.7. The van der Waals surface area contributed by atoms with Crippen LogP contribution in [0.3, 0.4) is 0 Å². The van der Waals surface area contributed by atoms with Gasteiger partial charge >= 0.3 is 19.8 Å². The fourth-order valence-electron chi connectivity index (χ4n) is 5.94. The van der Waals surface area contributed by atoms with Crippen LogP contribution in [0.5, 0.6) is 0 Å². The molecule has 0 saturated heterocycles. The molecule has 0 heterocycles. The molecule has 0 saturated carbocycles. The van der Waals surface area contributed by atoms with Crippen LogP contribution in [0, 0.1) is 5.92 Å². The minimum atomic E-state index is -4.65. The average Bonchev–Trinajstić information content (AvgIpc) is 3.21. The molecule has 4 N–H and O–H groups in total. The molecule has 2 unspecified atom stereocenters. The van der Waals surface area contributed by atoms with Crippen molar-refractivity contribution in [2.24, 2.45) is 5.92 Å². The summed E-state index contributed by atoms with van der Waals surface area (Å²) in [5.74, 6) is -0.192. The number of aliphatic hydroxyl groups is 3. The Balaban J connectivity index is 4.38. The Morgan fingerprint density at radius 1 is 0.627 bits per heavy atom. The lowest BCUT2D eigenvalue weighted by atomic mass is 10.0. The maximum absolute atomic E-state index is 12.6. The molecule has 0 aromatic heterocycles. The molecule has 0 aromatic rings. The lowest BCUT2D eigenvalue weighted by molar-refractivity contribution is -0.161. The molecule has 0 aliphatic rings. The van der Waals surface area contributed by atoms with Crippen LogP contribution in [0.15, 0.2) is 60.8 Å². The second kappa shape index (κ2) is 41.0. The first-order valence-electron chi connectivity index (χ1n) is 22.7. The van der Waals surface area contributed by atoms with Crippen molar-refractivity contribution in [3.63, 3.8) is 0 Å². The highest BCUT2D eigenvalue weighted by molar-refractivity contribution is 7.47. The van der Waals surface area contributed by atoms with E-state index in [4.69, 9.17) is 19.1 Å². The van der Waals surface area contributed by atoms with Gasteiger partial charge in [0.15, 0.2) is 6.10 Å². The van der Waals surface area contributed by atoms with Crippen molar-refractivity contribution in [1.82, 2.24) is 0 Å². The van der Waals surface area contributed by atoms with Gasteiger partial charge in [0.25, 0.3) is 0 Å². The summed E-state index contributed by atoms with van der Waals surface area (Å²) in [6.07, 6.45) is 41.1. The predicted octanol–water partition coefficient (Wildman–Crippen LogP) is 11.1. The number of phosphoric acid groups is 1. The van der Waals surface area contributed by atoms with Gasteiger partial charge in [-0.05, 0) is 50.9 Å². The minimum absolute atomic E-state index is 0.0869. The number of allylic oxidation sites excluding steroid dienone is 8. The number of phosphoric ester groups is 1. The first-order valence-corrected chi connectivity index (χ1v) is 24.2. The second-order valence-electron chi connectivity index (χ2n) is 15.7. The van der Waals surface area contributed by atoms with Crippen molar-refractivity contribution >= 4 is 19.8 Å². The molecule has 11 nitrogen and oxygen atoms in total. The van der Waals surface area contributed by atoms with Crippen molar-refractivity contribution in [1.29, 1.82) is 0 Å². The summed E-state index contributed by atoms with van der Waals surface area (Å²) in [6, 6.07) is 0. The second-order valence-corrected chi connectivity index (χ2v) is 17.2. The highest BCUT2D eigenvalue weighted by Gasteiger charge is 2.27. The van der Waals surface area contributed by atoms with Crippen LogP contribution in [0.4, 0.5) is 0 Å². The zero-order chi connectivity index (χ0) is 43.7. The SMILES string of the molecule is CC/C=C\C(O)C/C=C/C=C\C/C=C\C/C=C\CCCC(=O)O[C@H](COC(=O)CCCCCCCCCCCCCCCCCC(C)C)COP(=O)(O)OC[C@@H](O)CO. The van der Waals surface area contributed by atoms with E-state index in [2.05, 4.69) is 30.5 Å². The third kappa shape index (κ3) is 42.1. The molecule has 0 aliphatic heterocycles. The summed E-state index contributed by atoms with van der Waals surface area (Å²) in [4.78, 5) is 35.0. The number of esters is 2. The molecule has 0 aliphatic carbocycles. The quantitative estimate of drug-likeness (QED) is 0.0152. The van der Waals surface area contributed by atoms with Crippen LogP contribution in [0.1, 0.15) is 175 Å². The first kappa shape index (κ1) is 56.6. The van der Waals surface area contributed by atoms with Gasteiger partial charge in [0.1, 0.15) is 12.7 Å². The lowest BCUT2D eigenvalue weighted by Gasteiger charge is -2.20. The molecule has 0 aromatic carbocycles. The Hall–Kier alpha value is -2.37. The topological polar surface area (TPSA) is 169 Å². The highest BCUT2D eigenvalue weighted by atomic mass is 31.2. The van der Waals surface area contributed by atoms with Crippen molar-refractivity contribution in [2.75, 3.05) is 26.4 Å². The Morgan fingerprint density at radius 2 is 1.15 bits per heavy atom. The van der Waals surface area contributed by atoms with Gasteiger partial charge in [-0.15, -0.1) is 0 Å². The summed E-state index contributed by atoms with van der Waals surface area (Å²) in [5, 5.41) is 28.1. The summed E-state index contributed by atoms with van der Waals surface area (Å²) in [6.45, 7) is 4.41. The number of carbonyl (C=O) groups excluding carboxylic acids is 2. The number of ether oxygens (including phenoxy) is 2.